The van der Waals surface area contributed by atoms with Crippen molar-refractivity contribution >= 4 is 0 Å². The monoisotopic (exact) mass is 234 g/mol. The van der Waals surface area contributed by atoms with Gasteiger partial charge in [0.2, 0.25) is 0 Å². The van der Waals surface area contributed by atoms with Gasteiger partial charge < -0.3 is 16.2 Å². The maximum absolute atomic E-state index is 6.44. The summed E-state index contributed by atoms with van der Waals surface area (Å²) in [4.78, 5) is 0. The number of benzene rings is 1. The zero-order valence-corrected chi connectivity index (χ0v) is 10.5. The first-order chi connectivity index (χ1) is 8.11. The van der Waals surface area contributed by atoms with Crippen molar-refractivity contribution in [3.05, 3.63) is 29.8 Å². The molecule has 0 atom stereocenters. The smallest absolute Gasteiger partial charge is 0.118 e. The van der Waals surface area contributed by atoms with Crippen molar-refractivity contribution in [1.29, 1.82) is 0 Å². The predicted octanol–water partition coefficient (Wildman–Crippen LogP) is 1.84. The molecular weight excluding hydrogens is 212 g/mol. The van der Waals surface area contributed by atoms with E-state index >= 15 is 0 Å². The van der Waals surface area contributed by atoms with Crippen LogP contribution in [0.1, 0.15) is 31.2 Å². The van der Waals surface area contributed by atoms with Crippen LogP contribution in [0, 0.1) is 0 Å². The molecule has 0 radical (unpaired) electrons. The van der Waals surface area contributed by atoms with Crippen molar-refractivity contribution in [2.24, 2.45) is 11.5 Å². The van der Waals surface area contributed by atoms with Gasteiger partial charge in [0.25, 0.3) is 0 Å². The standard InChI is InChI=1S/C14H22N2O/c1-17-13-4-2-11(3-5-13)10-14(16)8-6-12(15)7-9-14/h2-5,12H,6-10,15-16H2,1H3. The summed E-state index contributed by atoms with van der Waals surface area (Å²) < 4.78 is 5.15. The van der Waals surface area contributed by atoms with Gasteiger partial charge in [0.1, 0.15) is 5.75 Å². The Morgan fingerprint density at radius 2 is 1.82 bits per heavy atom. The Morgan fingerprint density at radius 3 is 2.35 bits per heavy atom. The van der Waals surface area contributed by atoms with E-state index in [0.29, 0.717) is 6.04 Å². The lowest BCUT2D eigenvalue weighted by Crippen LogP contribution is -2.47. The van der Waals surface area contributed by atoms with E-state index in [1.165, 1.54) is 5.56 Å². The summed E-state index contributed by atoms with van der Waals surface area (Å²) in [5.41, 5.74) is 13.6. The van der Waals surface area contributed by atoms with E-state index in [-0.39, 0.29) is 5.54 Å². The average molecular weight is 234 g/mol. The summed E-state index contributed by atoms with van der Waals surface area (Å²) in [6.45, 7) is 0. The maximum atomic E-state index is 6.44. The van der Waals surface area contributed by atoms with Gasteiger partial charge in [0.05, 0.1) is 7.11 Å². The molecule has 2 rings (SSSR count). The van der Waals surface area contributed by atoms with Gasteiger partial charge in [-0.3, -0.25) is 0 Å². The number of ether oxygens (including phenoxy) is 1. The van der Waals surface area contributed by atoms with Gasteiger partial charge in [-0.05, 0) is 49.8 Å². The molecule has 4 N–H and O–H groups in total. The Labute approximate surface area is 103 Å². The van der Waals surface area contributed by atoms with Crippen LogP contribution in [0.3, 0.4) is 0 Å². The molecule has 1 aromatic carbocycles. The summed E-state index contributed by atoms with van der Waals surface area (Å²) in [6.07, 6.45) is 5.09. The Morgan fingerprint density at radius 1 is 1.24 bits per heavy atom. The minimum Gasteiger partial charge on any atom is -0.497 e. The number of methoxy groups -OCH3 is 1. The first kappa shape index (κ1) is 12.4. The largest absolute Gasteiger partial charge is 0.497 e. The normalized spacial score (nSPS) is 29.0. The molecule has 0 unspecified atom stereocenters. The third-order valence-electron chi connectivity index (χ3n) is 3.74. The van der Waals surface area contributed by atoms with Crippen LogP contribution >= 0.6 is 0 Å². The zero-order valence-electron chi connectivity index (χ0n) is 10.5. The Balaban J connectivity index is 1.99. The molecule has 0 amide bonds. The number of nitrogens with two attached hydrogens (primary N) is 2. The Bertz CT molecular complexity index is 353. The molecule has 0 saturated heterocycles. The highest BCUT2D eigenvalue weighted by Gasteiger charge is 2.30. The van der Waals surface area contributed by atoms with Gasteiger partial charge in [-0.25, -0.2) is 0 Å². The number of hydrogen-bond acceptors (Lipinski definition) is 3. The minimum atomic E-state index is -0.0650. The van der Waals surface area contributed by atoms with E-state index in [2.05, 4.69) is 12.1 Å². The molecule has 0 bridgehead atoms. The third-order valence-corrected chi connectivity index (χ3v) is 3.74. The average Bonchev–Trinajstić information content (AvgIpc) is 2.34. The molecule has 0 aromatic heterocycles. The summed E-state index contributed by atoms with van der Waals surface area (Å²) in [5, 5.41) is 0. The molecule has 94 valence electrons. The fraction of sp³-hybridized carbons (Fsp3) is 0.571. The molecule has 1 fully saturated rings. The second-order valence-electron chi connectivity index (χ2n) is 5.22. The molecule has 17 heavy (non-hydrogen) atoms. The summed E-state index contributed by atoms with van der Waals surface area (Å²) in [7, 11) is 1.68. The van der Waals surface area contributed by atoms with Gasteiger partial charge >= 0.3 is 0 Å². The molecule has 1 aliphatic carbocycles. The van der Waals surface area contributed by atoms with Gasteiger partial charge in [-0.2, -0.15) is 0 Å². The summed E-state index contributed by atoms with van der Waals surface area (Å²) in [6, 6.07) is 8.53. The minimum absolute atomic E-state index is 0.0650. The molecule has 1 saturated carbocycles. The van der Waals surface area contributed by atoms with Gasteiger partial charge in [-0.15, -0.1) is 0 Å². The second kappa shape index (κ2) is 5.07. The third kappa shape index (κ3) is 3.20. The summed E-state index contributed by atoms with van der Waals surface area (Å²) in [5.74, 6) is 0.894. The zero-order chi connectivity index (χ0) is 12.3. The van der Waals surface area contributed by atoms with Crippen LogP contribution in [0.5, 0.6) is 5.75 Å². The number of hydrogen-bond donors (Lipinski definition) is 2. The van der Waals surface area contributed by atoms with E-state index in [0.717, 1.165) is 37.9 Å². The topological polar surface area (TPSA) is 61.3 Å². The van der Waals surface area contributed by atoms with Crippen molar-refractivity contribution in [2.45, 2.75) is 43.7 Å². The highest BCUT2D eigenvalue weighted by atomic mass is 16.5. The Hall–Kier alpha value is -1.06. The maximum Gasteiger partial charge on any atom is 0.118 e. The van der Waals surface area contributed by atoms with E-state index in [9.17, 15) is 0 Å². The molecule has 3 nitrogen and oxygen atoms in total. The predicted molar refractivity (Wildman–Crippen MR) is 70.1 cm³/mol. The quantitative estimate of drug-likeness (QED) is 0.839. The van der Waals surface area contributed by atoms with Crippen molar-refractivity contribution in [1.82, 2.24) is 0 Å². The van der Waals surface area contributed by atoms with Crippen LogP contribution in [-0.4, -0.2) is 18.7 Å². The molecule has 1 aromatic rings. The van der Waals surface area contributed by atoms with Crippen molar-refractivity contribution in [2.75, 3.05) is 7.11 Å². The van der Waals surface area contributed by atoms with E-state index in [1.807, 2.05) is 12.1 Å². The molecule has 0 spiro atoms. The molecule has 0 heterocycles. The van der Waals surface area contributed by atoms with Gasteiger partial charge in [0.15, 0.2) is 0 Å². The first-order valence-corrected chi connectivity index (χ1v) is 6.29. The fourth-order valence-electron chi connectivity index (χ4n) is 2.54. The first-order valence-electron chi connectivity index (χ1n) is 6.29. The molecule has 0 aliphatic heterocycles. The summed E-state index contributed by atoms with van der Waals surface area (Å²) >= 11 is 0. The van der Waals surface area contributed by atoms with Gasteiger partial charge in [0, 0.05) is 11.6 Å². The van der Waals surface area contributed by atoms with Crippen molar-refractivity contribution in [3.63, 3.8) is 0 Å². The highest BCUT2D eigenvalue weighted by Crippen LogP contribution is 2.29. The lowest BCUT2D eigenvalue weighted by atomic mass is 9.77. The van der Waals surface area contributed by atoms with Crippen LogP contribution in [0.15, 0.2) is 24.3 Å². The van der Waals surface area contributed by atoms with E-state index < -0.39 is 0 Å². The van der Waals surface area contributed by atoms with E-state index in [4.69, 9.17) is 16.2 Å². The van der Waals surface area contributed by atoms with Crippen LogP contribution in [0.4, 0.5) is 0 Å². The second-order valence-corrected chi connectivity index (χ2v) is 5.22. The van der Waals surface area contributed by atoms with Crippen molar-refractivity contribution < 1.29 is 4.74 Å². The molecular formula is C14H22N2O. The van der Waals surface area contributed by atoms with E-state index in [1.54, 1.807) is 7.11 Å². The molecule has 1 aliphatic rings. The van der Waals surface area contributed by atoms with Crippen LogP contribution in [0.25, 0.3) is 0 Å². The highest BCUT2D eigenvalue weighted by molar-refractivity contribution is 5.28. The fourth-order valence-corrected chi connectivity index (χ4v) is 2.54. The lowest BCUT2D eigenvalue weighted by Gasteiger charge is -2.36. The van der Waals surface area contributed by atoms with Crippen LogP contribution in [0.2, 0.25) is 0 Å². The Kier molecular flexibility index (Phi) is 3.69. The van der Waals surface area contributed by atoms with Crippen molar-refractivity contribution in [3.8, 4) is 5.75 Å². The molecule has 3 heteroatoms. The van der Waals surface area contributed by atoms with Gasteiger partial charge in [-0.1, -0.05) is 12.1 Å². The lowest BCUT2D eigenvalue weighted by molar-refractivity contribution is 0.271. The SMILES string of the molecule is COc1ccc(CC2(N)CCC(N)CC2)cc1. The van der Waals surface area contributed by atoms with Crippen LogP contribution < -0.4 is 16.2 Å². The van der Waals surface area contributed by atoms with Crippen LogP contribution in [-0.2, 0) is 6.42 Å². The number of rotatable bonds is 3.